The highest BCUT2D eigenvalue weighted by Gasteiger charge is 2.23. The summed E-state index contributed by atoms with van der Waals surface area (Å²) in [7, 11) is 1.52. The molecule has 1 aromatic rings. The second kappa shape index (κ2) is 6.64. The number of benzene rings is 1. The minimum atomic E-state index is -0.961. The molecule has 1 atom stereocenters. The third-order valence-electron chi connectivity index (χ3n) is 2.54. The Morgan fingerprint density at radius 2 is 1.94 bits per heavy atom. The molecular weight excluding hydrogens is 234 g/mol. The van der Waals surface area contributed by atoms with Crippen LogP contribution in [-0.4, -0.2) is 42.3 Å². The lowest BCUT2D eigenvalue weighted by atomic mass is 9.99. The van der Waals surface area contributed by atoms with Crippen molar-refractivity contribution < 1.29 is 19.4 Å². The highest BCUT2D eigenvalue weighted by molar-refractivity contribution is 5.77. The van der Waals surface area contributed by atoms with Crippen LogP contribution in [0.1, 0.15) is 18.4 Å². The van der Waals surface area contributed by atoms with Gasteiger partial charge in [-0.05, 0) is 12.5 Å². The smallest absolute Gasteiger partial charge is 0.409 e. The lowest BCUT2D eigenvalue weighted by molar-refractivity contribution is -0.139. The summed E-state index contributed by atoms with van der Waals surface area (Å²) in [5, 5.41) is 9.21. The molecule has 0 spiro atoms. The molecule has 18 heavy (non-hydrogen) atoms. The average molecular weight is 251 g/mol. The molecule has 0 heterocycles. The molecular formula is C13H17NO4. The largest absolute Gasteiger partial charge is 0.481 e. The summed E-state index contributed by atoms with van der Waals surface area (Å²) < 4.78 is 4.81. The van der Waals surface area contributed by atoms with Gasteiger partial charge in [-0.15, -0.1) is 0 Å². The van der Waals surface area contributed by atoms with Gasteiger partial charge in [-0.3, -0.25) is 4.79 Å². The van der Waals surface area contributed by atoms with E-state index in [1.54, 1.807) is 31.2 Å². The Bertz CT molecular complexity index is 405. The first-order valence-electron chi connectivity index (χ1n) is 5.72. The van der Waals surface area contributed by atoms with Crippen molar-refractivity contribution in [2.24, 2.45) is 0 Å². The Labute approximate surface area is 106 Å². The minimum Gasteiger partial charge on any atom is -0.481 e. The molecule has 0 saturated carbocycles. The Morgan fingerprint density at radius 3 is 2.44 bits per heavy atom. The molecule has 0 aliphatic heterocycles. The number of aliphatic carboxylic acids is 1. The van der Waals surface area contributed by atoms with Crippen LogP contribution in [0.2, 0.25) is 0 Å². The van der Waals surface area contributed by atoms with Gasteiger partial charge in [-0.25, -0.2) is 4.79 Å². The summed E-state index contributed by atoms with van der Waals surface area (Å²) in [6, 6.07) is 8.83. The van der Waals surface area contributed by atoms with Crippen LogP contribution in [0.15, 0.2) is 30.3 Å². The second-order valence-electron chi connectivity index (χ2n) is 3.88. The van der Waals surface area contributed by atoms with Gasteiger partial charge >= 0.3 is 12.1 Å². The number of nitrogens with zero attached hydrogens (tertiary/aromatic N) is 1. The predicted octanol–water partition coefficient (Wildman–Crippen LogP) is 1.94. The zero-order valence-corrected chi connectivity index (χ0v) is 10.5. The molecule has 0 radical (unpaired) electrons. The number of likely N-dealkylation sites (N-methyl/N-ethyl adjacent to an activating group) is 1. The van der Waals surface area contributed by atoms with Gasteiger partial charge in [-0.2, -0.15) is 0 Å². The fourth-order valence-corrected chi connectivity index (χ4v) is 1.59. The highest BCUT2D eigenvalue weighted by atomic mass is 16.6. The summed E-state index contributed by atoms with van der Waals surface area (Å²) in [5.74, 6) is -1.71. The number of carboxylic acids is 1. The van der Waals surface area contributed by atoms with Crippen LogP contribution in [0, 0.1) is 0 Å². The van der Waals surface area contributed by atoms with Crippen molar-refractivity contribution in [2.75, 3.05) is 20.2 Å². The fourth-order valence-electron chi connectivity index (χ4n) is 1.59. The van der Waals surface area contributed by atoms with Crippen molar-refractivity contribution in [3.05, 3.63) is 35.9 Å². The van der Waals surface area contributed by atoms with E-state index in [0.717, 1.165) is 0 Å². The van der Waals surface area contributed by atoms with Gasteiger partial charge in [0.1, 0.15) is 0 Å². The maximum Gasteiger partial charge on any atom is 0.409 e. The molecule has 0 aliphatic rings. The van der Waals surface area contributed by atoms with Crippen LogP contribution in [0.4, 0.5) is 4.79 Å². The van der Waals surface area contributed by atoms with Crippen LogP contribution < -0.4 is 0 Å². The number of hydrogen-bond acceptors (Lipinski definition) is 3. The summed E-state index contributed by atoms with van der Waals surface area (Å²) in [4.78, 5) is 24.0. The van der Waals surface area contributed by atoms with Crippen LogP contribution in [0.5, 0.6) is 0 Å². The number of rotatable bonds is 5. The molecule has 1 unspecified atom stereocenters. The first-order chi connectivity index (χ1) is 8.56. The van der Waals surface area contributed by atoms with Gasteiger partial charge in [0.15, 0.2) is 0 Å². The molecule has 1 aromatic carbocycles. The van der Waals surface area contributed by atoms with Gasteiger partial charge in [0, 0.05) is 13.6 Å². The van der Waals surface area contributed by atoms with E-state index >= 15 is 0 Å². The van der Waals surface area contributed by atoms with Gasteiger partial charge in [0.2, 0.25) is 0 Å². The lowest BCUT2D eigenvalue weighted by Crippen LogP contribution is -2.34. The third-order valence-corrected chi connectivity index (χ3v) is 2.54. The first-order valence-corrected chi connectivity index (χ1v) is 5.72. The molecule has 1 amide bonds. The molecule has 0 aliphatic carbocycles. The topological polar surface area (TPSA) is 66.8 Å². The van der Waals surface area contributed by atoms with Gasteiger partial charge in [-0.1, -0.05) is 30.3 Å². The quantitative estimate of drug-likeness (QED) is 0.868. The van der Waals surface area contributed by atoms with Crippen LogP contribution in [0.25, 0.3) is 0 Å². The number of carboxylic acid groups (broad SMARTS) is 1. The van der Waals surface area contributed by atoms with E-state index in [4.69, 9.17) is 4.74 Å². The average Bonchev–Trinajstić information content (AvgIpc) is 2.36. The normalized spacial score (nSPS) is 11.7. The first kappa shape index (κ1) is 14.0. The molecule has 5 nitrogen and oxygen atoms in total. The number of ether oxygens (including phenoxy) is 1. The molecule has 1 N–H and O–H groups in total. The van der Waals surface area contributed by atoms with E-state index in [1.807, 2.05) is 6.07 Å². The van der Waals surface area contributed by atoms with E-state index in [9.17, 15) is 14.7 Å². The van der Waals surface area contributed by atoms with Crippen LogP contribution in [0.3, 0.4) is 0 Å². The number of hydrogen-bond donors (Lipinski definition) is 1. The zero-order valence-electron chi connectivity index (χ0n) is 10.5. The number of carbonyl (C=O) groups is 2. The summed E-state index contributed by atoms with van der Waals surface area (Å²) >= 11 is 0. The number of carbonyl (C=O) groups excluding carboxylic acids is 1. The van der Waals surface area contributed by atoms with E-state index in [2.05, 4.69) is 0 Å². The fraction of sp³-hybridized carbons (Fsp3) is 0.385. The highest BCUT2D eigenvalue weighted by Crippen LogP contribution is 2.17. The second-order valence-corrected chi connectivity index (χ2v) is 3.88. The van der Waals surface area contributed by atoms with Gasteiger partial charge in [0.05, 0.1) is 12.5 Å². The molecule has 1 rings (SSSR count). The monoisotopic (exact) mass is 251 g/mol. The maximum absolute atomic E-state index is 11.4. The molecule has 0 aromatic heterocycles. The molecule has 0 fully saturated rings. The summed E-state index contributed by atoms with van der Waals surface area (Å²) in [5.41, 5.74) is 0.668. The molecule has 0 bridgehead atoms. The van der Waals surface area contributed by atoms with Crippen LogP contribution in [-0.2, 0) is 9.53 Å². The van der Waals surface area contributed by atoms with Crippen LogP contribution >= 0.6 is 0 Å². The zero-order chi connectivity index (χ0) is 13.5. The van der Waals surface area contributed by atoms with Crippen molar-refractivity contribution in [3.8, 4) is 0 Å². The maximum atomic E-state index is 11.4. The van der Waals surface area contributed by atoms with E-state index in [1.165, 1.54) is 11.9 Å². The van der Waals surface area contributed by atoms with Gasteiger partial charge in [0.25, 0.3) is 0 Å². The SMILES string of the molecule is CCOC(=O)N(C)CC(C(=O)O)c1ccccc1. The Hall–Kier alpha value is -2.04. The standard InChI is InChI=1S/C13H17NO4/c1-3-18-13(17)14(2)9-11(12(15)16)10-7-5-4-6-8-10/h4-8,11H,3,9H2,1-2H3,(H,15,16). The Balaban J connectivity index is 2.76. The summed E-state index contributed by atoms with van der Waals surface area (Å²) in [6.07, 6.45) is -0.514. The van der Waals surface area contributed by atoms with E-state index in [-0.39, 0.29) is 13.2 Å². The summed E-state index contributed by atoms with van der Waals surface area (Å²) in [6.45, 7) is 2.06. The van der Waals surface area contributed by atoms with Crippen molar-refractivity contribution in [1.29, 1.82) is 0 Å². The van der Waals surface area contributed by atoms with Crippen molar-refractivity contribution in [1.82, 2.24) is 4.90 Å². The lowest BCUT2D eigenvalue weighted by Gasteiger charge is -2.21. The molecule has 0 saturated heterocycles. The molecule has 5 heteroatoms. The number of amides is 1. The Morgan fingerprint density at radius 1 is 1.33 bits per heavy atom. The van der Waals surface area contributed by atoms with Crippen molar-refractivity contribution in [2.45, 2.75) is 12.8 Å². The van der Waals surface area contributed by atoms with Crippen molar-refractivity contribution in [3.63, 3.8) is 0 Å². The van der Waals surface area contributed by atoms with E-state index < -0.39 is 18.0 Å². The third kappa shape index (κ3) is 3.76. The minimum absolute atomic E-state index is 0.0815. The molecule has 98 valence electrons. The van der Waals surface area contributed by atoms with Gasteiger partial charge < -0.3 is 14.7 Å². The predicted molar refractivity (Wildman–Crippen MR) is 66.5 cm³/mol. The van der Waals surface area contributed by atoms with E-state index in [0.29, 0.717) is 5.56 Å². The Kier molecular flexibility index (Phi) is 5.17. The van der Waals surface area contributed by atoms with Crippen molar-refractivity contribution >= 4 is 12.1 Å².